The molecule has 1 fully saturated rings. The molecular weight excluding hydrogens is 298 g/mol. The summed E-state index contributed by atoms with van der Waals surface area (Å²) >= 11 is 0. The van der Waals surface area contributed by atoms with E-state index in [0.717, 1.165) is 6.42 Å². The molecule has 0 aliphatic carbocycles. The third kappa shape index (κ3) is 5.58. The lowest BCUT2D eigenvalue weighted by molar-refractivity contribution is -0.148. The molecule has 1 unspecified atom stereocenters. The number of likely N-dealkylation sites (tertiary alicyclic amines) is 1. The largest absolute Gasteiger partial charge is 0.393 e. The van der Waals surface area contributed by atoms with E-state index in [9.17, 15) is 9.90 Å². The third-order valence-electron chi connectivity index (χ3n) is 3.73. The number of aromatic nitrogens is 2. The second kappa shape index (κ2) is 7.40. The molecular formula is C16H27N3O4. The molecule has 23 heavy (non-hydrogen) atoms. The maximum atomic E-state index is 12.1. The predicted molar refractivity (Wildman–Crippen MR) is 83.5 cm³/mol. The van der Waals surface area contributed by atoms with Crippen LogP contribution in [0.15, 0.2) is 4.52 Å². The average molecular weight is 325 g/mol. The molecule has 0 saturated carbocycles. The summed E-state index contributed by atoms with van der Waals surface area (Å²) in [6, 6.07) is 0. The van der Waals surface area contributed by atoms with Crippen molar-refractivity contribution in [3.8, 4) is 0 Å². The van der Waals surface area contributed by atoms with E-state index in [4.69, 9.17) is 9.26 Å². The SMILES string of the molecule is CCc1noc(COC2CN(C(=O)CC(O)CC(C)(C)C)C2)n1. The van der Waals surface area contributed by atoms with Crippen LogP contribution in [0.2, 0.25) is 0 Å². The minimum Gasteiger partial charge on any atom is -0.393 e. The number of aliphatic hydroxyl groups excluding tert-OH is 1. The Labute approximate surface area is 137 Å². The number of carbonyl (C=O) groups excluding carboxylic acids is 1. The standard InChI is InChI=1S/C16H27N3O4/c1-5-13-17-14(23-18-13)10-22-12-8-19(9-12)15(21)6-11(20)7-16(2,3)4/h11-12,20H,5-10H2,1-4H3. The number of aryl methyl sites for hydroxylation is 1. The second-order valence-electron chi connectivity index (χ2n) is 7.31. The van der Waals surface area contributed by atoms with Gasteiger partial charge in [-0.15, -0.1) is 0 Å². The zero-order valence-corrected chi connectivity index (χ0v) is 14.4. The molecule has 2 heterocycles. The number of rotatable bonds is 7. The van der Waals surface area contributed by atoms with Crippen molar-refractivity contribution in [1.29, 1.82) is 0 Å². The number of nitrogens with zero attached hydrogens (tertiary/aromatic N) is 3. The van der Waals surface area contributed by atoms with E-state index in [2.05, 4.69) is 30.9 Å². The monoisotopic (exact) mass is 325 g/mol. The van der Waals surface area contributed by atoms with E-state index in [1.165, 1.54) is 0 Å². The third-order valence-corrected chi connectivity index (χ3v) is 3.73. The topological polar surface area (TPSA) is 88.7 Å². The highest BCUT2D eigenvalue weighted by molar-refractivity contribution is 5.77. The molecule has 7 heteroatoms. The number of carbonyl (C=O) groups is 1. The average Bonchev–Trinajstić information content (AvgIpc) is 2.82. The maximum Gasteiger partial charge on any atom is 0.252 e. The lowest BCUT2D eigenvalue weighted by Crippen LogP contribution is -2.55. The molecule has 1 saturated heterocycles. The van der Waals surface area contributed by atoms with Crippen molar-refractivity contribution in [3.63, 3.8) is 0 Å². The van der Waals surface area contributed by atoms with Crippen LogP contribution < -0.4 is 0 Å². The van der Waals surface area contributed by atoms with Crippen LogP contribution in [-0.4, -0.2) is 51.4 Å². The van der Waals surface area contributed by atoms with Gasteiger partial charge in [-0.1, -0.05) is 32.9 Å². The van der Waals surface area contributed by atoms with Gasteiger partial charge in [0.25, 0.3) is 5.89 Å². The van der Waals surface area contributed by atoms with Crippen molar-refractivity contribution >= 4 is 5.91 Å². The van der Waals surface area contributed by atoms with Gasteiger partial charge in [0.15, 0.2) is 5.82 Å². The normalized spacial score (nSPS) is 17.2. The van der Waals surface area contributed by atoms with Gasteiger partial charge in [0.1, 0.15) is 6.61 Å². The summed E-state index contributed by atoms with van der Waals surface area (Å²) < 4.78 is 10.7. The Balaban J connectivity index is 1.65. The van der Waals surface area contributed by atoms with Gasteiger partial charge in [0.05, 0.1) is 18.6 Å². The molecule has 7 nitrogen and oxygen atoms in total. The molecule has 0 bridgehead atoms. The number of hydrogen-bond donors (Lipinski definition) is 1. The van der Waals surface area contributed by atoms with Crippen molar-refractivity contribution in [2.45, 2.75) is 65.8 Å². The van der Waals surface area contributed by atoms with E-state index in [-0.39, 0.29) is 30.5 Å². The first-order valence-electron chi connectivity index (χ1n) is 8.15. The summed E-state index contributed by atoms with van der Waals surface area (Å²) in [7, 11) is 0. The lowest BCUT2D eigenvalue weighted by atomic mass is 9.88. The quantitative estimate of drug-likeness (QED) is 0.818. The fraction of sp³-hybridized carbons (Fsp3) is 0.812. The minimum absolute atomic E-state index is 0.00399. The Kier molecular flexibility index (Phi) is 5.75. The van der Waals surface area contributed by atoms with E-state index in [1.807, 2.05) is 6.92 Å². The summed E-state index contributed by atoms with van der Waals surface area (Å²) in [4.78, 5) is 17.9. The van der Waals surface area contributed by atoms with Crippen LogP contribution in [0.25, 0.3) is 0 Å². The van der Waals surface area contributed by atoms with Gasteiger partial charge in [0.2, 0.25) is 5.91 Å². The van der Waals surface area contributed by atoms with Crippen LogP contribution in [0, 0.1) is 5.41 Å². The molecule has 130 valence electrons. The molecule has 0 aromatic carbocycles. The highest BCUT2D eigenvalue weighted by Gasteiger charge is 2.33. The number of amides is 1. The summed E-state index contributed by atoms with van der Waals surface area (Å²) in [5, 5.41) is 13.8. The van der Waals surface area contributed by atoms with Crippen LogP contribution in [0.5, 0.6) is 0 Å². The highest BCUT2D eigenvalue weighted by atomic mass is 16.5. The Morgan fingerprint density at radius 2 is 2.17 bits per heavy atom. The fourth-order valence-corrected chi connectivity index (χ4v) is 2.54. The van der Waals surface area contributed by atoms with Crippen molar-refractivity contribution in [1.82, 2.24) is 15.0 Å². The Morgan fingerprint density at radius 1 is 1.48 bits per heavy atom. The summed E-state index contributed by atoms with van der Waals surface area (Å²) in [6.07, 6.45) is 0.923. The molecule has 1 aromatic rings. The molecule has 1 amide bonds. The molecule has 1 aliphatic heterocycles. The first-order valence-corrected chi connectivity index (χ1v) is 8.15. The van der Waals surface area contributed by atoms with Gasteiger partial charge in [-0.05, 0) is 11.8 Å². The first-order chi connectivity index (χ1) is 10.8. The van der Waals surface area contributed by atoms with Gasteiger partial charge in [-0.25, -0.2) is 0 Å². The lowest BCUT2D eigenvalue weighted by Gasteiger charge is -2.39. The Morgan fingerprint density at radius 3 is 2.74 bits per heavy atom. The highest BCUT2D eigenvalue weighted by Crippen LogP contribution is 2.23. The van der Waals surface area contributed by atoms with Crippen molar-refractivity contribution in [2.75, 3.05) is 13.1 Å². The van der Waals surface area contributed by atoms with E-state index >= 15 is 0 Å². The van der Waals surface area contributed by atoms with Gasteiger partial charge in [-0.2, -0.15) is 4.98 Å². The number of aliphatic hydroxyl groups is 1. The van der Waals surface area contributed by atoms with Crippen LogP contribution in [-0.2, 0) is 22.6 Å². The minimum atomic E-state index is -0.590. The van der Waals surface area contributed by atoms with Gasteiger partial charge in [-0.3, -0.25) is 4.79 Å². The zero-order chi connectivity index (χ0) is 17.0. The zero-order valence-electron chi connectivity index (χ0n) is 14.4. The van der Waals surface area contributed by atoms with Crippen LogP contribution in [0.4, 0.5) is 0 Å². The molecule has 1 aliphatic rings. The van der Waals surface area contributed by atoms with Gasteiger partial charge >= 0.3 is 0 Å². The molecule has 0 radical (unpaired) electrons. The first kappa shape index (κ1) is 17.9. The number of hydrogen-bond acceptors (Lipinski definition) is 6. The van der Waals surface area contributed by atoms with Crippen molar-refractivity contribution in [2.24, 2.45) is 5.41 Å². The van der Waals surface area contributed by atoms with Gasteiger partial charge < -0.3 is 19.3 Å². The van der Waals surface area contributed by atoms with E-state index < -0.39 is 6.10 Å². The van der Waals surface area contributed by atoms with E-state index in [1.54, 1.807) is 4.90 Å². The fourth-order valence-electron chi connectivity index (χ4n) is 2.54. The molecule has 1 N–H and O–H groups in total. The number of ether oxygens (including phenoxy) is 1. The Bertz CT molecular complexity index is 518. The van der Waals surface area contributed by atoms with Gasteiger partial charge in [0, 0.05) is 19.5 Å². The molecule has 0 spiro atoms. The predicted octanol–water partition coefficient (Wildman–Crippen LogP) is 1.55. The van der Waals surface area contributed by atoms with Crippen LogP contribution >= 0.6 is 0 Å². The smallest absolute Gasteiger partial charge is 0.252 e. The Hall–Kier alpha value is -1.47. The van der Waals surface area contributed by atoms with E-state index in [0.29, 0.717) is 31.2 Å². The summed E-state index contributed by atoms with van der Waals surface area (Å²) in [5.74, 6) is 1.11. The summed E-state index contributed by atoms with van der Waals surface area (Å²) in [6.45, 7) is 9.48. The van der Waals surface area contributed by atoms with Crippen LogP contribution in [0.1, 0.15) is 52.3 Å². The van der Waals surface area contributed by atoms with Crippen molar-refractivity contribution < 1.29 is 19.2 Å². The molecule has 1 aromatic heterocycles. The maximum absolute atomic E-state index is 12.1. The second-order valence-corrected chi connectivity index (χ2v) is 7.31. The van der Waals surface area contributed by atoms with Crippen molar-refractivity contribution in [3.05, 3.63) is 11.7 Å². The molecule has 2 rings (SSSR count). The summed E-state index contributed by atoms with van der Waals surface area (Å²) in [5.41, 5.74) is 0.0156. The molecule has 1 atom stereocenters. The van der Waals surface area contributed by atoms with Crippen LogP contribution in [0.3, 0.4) is 0 Å².